The molecule has 0 unspecified atom stereocenters. The first-order valence-electron chi connectivity index (χ1n) is 8.67. The van der Waals surface area contributed by atoms with Gasteiger partial charge in [-0.05, 0) is 29.1 Å². The predicted molar refractivity (Wildman–Crippen MR) is 105 cm³/mol. The second-order valence-electron chi connectivity index (χ2n) is 6.30. The molecule has 0 aliphatic carbocycles. The van der Waals surface area contributed by atoms with Crippen molar-refractivity contribution in [2.24, 2.45) is 0 Å². The van der Waals surface area contributed by atoms with Gasteiger partial charge in [-0.25, -0.2) is 0 Å². The van der Waals surface area contributed by atoms with Crippen molar-refractivity contribution in [1.82, 2.24) is 15.1 Å². The fraction of sp³-hybridized carbons (Fsp3) is 0.368. The van der Waals surface area contributed by atoms with Crippen LogP contribution in [0, 0.1) is 0 Å². The molecule has 1 aliphatic rings. The van der Waals surface area contributed by atoms with E-state index in [1.807, 2.05) is 28.5 Å². The Labute approximate surface area is 162 Å². The SMILES string of the molecule is O=C(NCCC(=O)N1CCN(Cc2cccc(Cl)c2)CC1)c1ccsc1. The largest absolute Gasteiger partial charge is 0.351 e. The standard InChI is InChI=1S/C19H22ClN3O2S/c20-17-3-1-2-15(12-17)13-22-7-9-23(10-8-22)18(24)4-6-21-19(25)16-5-11-26-14-16/h1-3,5,11-12,14H,4,6-10,13H2,(H,21,25). The van der Waals surface area contributed by atoms with Crippen molar-refractivity contribution in [3.8, 4) is 0 Å². The molecule has 26 heavy (non-hydrogen) atoms. The number of halogens is 1. The molecule has 0 radical (unpaired) electrons. The van der Waals surface area contributed by atoms with Gasteiger partial charge in [0.2, 0.25) is 5.91 Å². The average Bonchev–Trinajstić information content (AvgIpc) is 3.17. The zero-order valence-corrected chi connectivity index (χ0v) is 16.1. The monoisotopic (exact) mass is 391 g/mol. The van der Waals surface area contributed by atoms with Gasteiger partial charge in [-0.3, -0.25) is 14.5 Å². The van der Waals surface area contributed by atoms with Crippen molar-refractivity contribution in [3.63, 3.8) is 0 Å². The number of amides is 2. The van der Waals surface area contributed by atoms with E-state index in [-0.39, 0.29) is 11.8 Å². The number of nitrogens with zero attached hydrogens (tertiary/aromatic N) is 2. The van der Waals surface area contributed by atoms with Crippen LogP contribution in [0.5, 0.6) is 0 Å². The van der Waals surface area contributed by atoms with Crippen LogP contribution < -0.4 is 5.32 Å². The molecule has 0 atom stereocenters. The highest BCUT2D eigenvalue weighted by Crippen LogP contribution is 2.14. The van der Waals surface area contributed by atoms with Gasteiger partial charge in [-0.15, -0.1) is 0 Å². The third kappa shape index (κ3) is 5.30. The van der Waals surface area contributed by atoms with Gasteiger partial charge in [0.15, 0.2) is 0 Å². The number of rotatable bonds is 6. The lowest BCUT2D eigenvalue weighted by Gasteiger charge is -2.34. The van der Waals surface area contributed by atoms with E-state index in [9.17, 15) is 9.59 Å². The Balaban J connectivity index is 1.37. The average molecular weight is 392 g/mol. The van der Waals surface area contributed by atoms with E-state index in [1.165, 1.54) is 16.9 Å². The van der Waals surface area contributed by atoms with Crippen molar-refractivity contribution >= 4 is 34.8 Å². The molecule has 138 valence electrons. The Bertz CT molecular complexity index is 743. The number of nitrogens with one attached hydrogen (secondary N) is 1. The summed E-state index contributed by atoms with van der Waals surface area (Å²) in [5, 5.41) is 7.22. The molecular weight excluding hydrogens is 370 g/mol. The summed E-state index contributed by atoms with van der Waals surface area (Å²) in [5.41, 5.74) is 1.84. The third-order valence-electron chi connectivity index (χ3n) is 4.43. The molecule has 0 spiro atoms. The fourth-order valence-corrected chi connectivity index (χ4v) is 3.83. The number of piperazine rings is 1. The van der Waals surface area contributed by atoms with Crippen molar-refractivity contribution in [3.05, 3.63) is 57.2 Å². The number of benzene rings is 1. The van der Waals surface area contributed by atoms with Crippen LogP contribution in [0.15, 0.2) is 41.1 Å². The van der Waals surface area contributed by atoms with Gasteiger partial charge in [-0.1, -0.05) is 23.7 Å². The molecule has 2 amide bonds. The maximum atomic E-state index is 12.3. The predicted octanol–water partition coefficient (Wildman–Crippen LogP) is 2.87. The first-order chi connectivity index (χ1) is 12.6. The van der Waals surface area contributed by atoms with E-state index < -0.39 is 0 Å². The van der Waals surface area contributed by atoms with Crippen molar-refractivity contribution in [1.29, 1.82) is 0 Å². The van der Waals surface area contributed by atoms with Gasteiger partial charge in [0.05, 0.1) is 0 Å². The second-order valence-corrected chi connectivity index (χ2v) is 7.52. The molecule has 1 N–H and O–H groups in total. The fourth-order valence-electron chi connectivity index (χ4n) is 2.99. The summed E-state index contributed by atoms with van der Waals surface area (Å²) in [6.07, 6.45) is 0.337. The molecule has 7 heteroatoms. The minimum absolute atomic E-state index is 0.0954. The lowest BCUT2D eigenvalue weighted by molar-refractivity contribution is -0.132. The summed E-state index contributed by atoms with van der Waals surface area (Å²) in [4.78, 5) is 28.4. The van der Waals surface area contributed by atoms with Gasteiger partial charge in [0.25, 0.3) is 5.91 Å². The molecule has 1 aromatic heterocycles. The Kier molecular flexibility index (Phi) is 6.66. The van der Waals surface area contributed by atoms with E-state index in [0.29, 0.717) is 18.5 Å². The number of hydrogen-bond acceptors (Lipinski definition) is 4. The van der Waals surface area contributed by atoms with E-state index in [4.69, 9.17) is 11.6 Å². The topological polar surface area (TPSA) is 52.7 Å². The van der Waals surface area contributed by atoms with Crippen LogP contribution >= 0.6 is 22.9 Å². The maximum absolute atomic E-state index is 12.3. The number of thiophene rings is 1. The summed E-state index contributed by atoms with van der Waals surface area (Å²) < 4.78 is 0. The Morgan fingerprint density at radius 1 is 1.15 bits per heavy atom. The van der Waals surface area contributed by atoms with Crippen LogP contribution in [-0.2, 0) is 11.3 Å². The first-order valence-corrected chi connectivity index (χ1v) is 9.99. The Morgan fingerprint density at radius 2 is 1.96 bits per heavy atom. The van der Waals surface area contributed by atoms with Gasteiger partial charge >= 0.3 is 0 Å². The lowest BCUT2D eigenvalue weighted by Crippen LogP contribution is -2.48. The Hall–Kier alpha value is -1.89. The van der Waals surface area contributed by atoms with Gasteiger partial charge in [0, 0.05) is 61.7 Å². The molecule has 1 fully saturated rings. The molecule has 0 bridgehead atoms. The molecule has 2 heterocycles. The van der Waals surface area contributed by atoms with Crippen LogP contribution in [-0.4, -0.2) is 54.3 Å². The summed E-state index contributed by atoms with van der Waals surface area (Å²) in [7, 11) is 0. The van der Waals surface area contributed by atoms with Crippen LogP contribution in [0.1, 0.15) is 22.3 Å². The molecule has 1 saturated heterocycles. The first kappa shape index (κ1) is 18.9. The lowest BCUT2D eigenvalue weighted by atomic mass is 10.2. The molecule has 1 aromatic carbocycles. The zero-order chi connectivity index (χ0) is 18.4. The van der Waals surface area contributed by atoms with Crippen molar-refractivity contribution < 1.29 is 9.59 Å². The van der Waals surface area contributed by atoms with Crippen molar-refractivity contribution in [2.75, 3.05) is 32.7 Å². The number of carbonyl (C=O) groups is 2. The summed E-state index contributed by atoms with van der Waals surface area (Å²) in [6.45, 7) is 4.35. The highest BCUT2D eigenvalue weighted by molar-refractivity contribution is 7.08. The molecule has 3 rings (SSSR count). The van der Waals surface area contributed by atoms with Crippen LogP contribution in [0.3, 0.4) is 0 Å². The van der Waals surface area contributed by atoms with Gasteiger partial charge in [-0.2, -0.15) is 11.3 Å². The van der Waals surface area contributed by atoms with E-state index in [1.54, 1.807) is 11.4 Å². The Morgan fingerprint density at radius 3 is 2.65 bits per heavy atom. The quantitative estimate of drug-likeness (QED) is 0.823. The third-order valence-corrected chi connectivity index (χ3v) is 5.35. The van der Waals surface area contributed by atoms with Gasteiger partial charge in [0.1, 0.15) is 0 Å². The van der Waals surface area contributed by atoms with Gasteiger partial charge < -0.3 is 10.2 Å². The minimum atomic E-state index is -0.120. The maximum Gasteiger partial charge on any atom is 0.252 e. The smallest absolute Gasteiger partial charge is 0.252 e. The van der Waals surface area contributed by atoms with E-state index in [2.05, 4.69) is 16.3 Å². The van der Waals surface area contributed by atoms with Crippen LogP contribution in [0.25, 0.3) is 0 Å². The summed E-state index contributed by atoms with van der Waals surface area (Å²) in [5.74, 6) is -0.0246. The van der Waals surface area contributed by atoms with E-state index in [0.717, 1.165) is 37.7 Å². The molecule has 5 nitrogen and oxygen atoms in total. The van der Waals surface area contributed by atoms with Crippen LogP contribution in [0.2, 0.25) is 5.02 Å². The van der Waals surface area contributed by atoms with E-state index >= 15 is 0 Å². The minimum Gasteiger partial charge on any atom is -0.351 e. The molecule has 1 aliphatic heterocycles. The normalized spacial score (nSPS) is 15.0. The van der Waals surface area contributed by atoms with Crippen molar-refractivity contribution in [2.45, 2.75) is 13.0 Å². The highest BCUT2D eigenvalue weighted by atomic mass is 35.5. The number of carbonyl (C=O) groups excluding carboxylic acids is 2. The molecule has 0 saturated carbocycles. The number of hydrogen-bond donors (Lipinski definition) is 1. The summed E-state index contributed by atoms with van der Waals surface area (Å²) in [6, 6.07) is 9.66. The summed E-state index contributed by atoms with van der Waals surface area (Å²) >= 11 is 7.51. The zero-order valence-electron chi connectivity index (χ0n) is 14.5. The van der Waals surface area contributed by atoms with Crippen LogP contribution in [0.4, 0.5) is 0 Å². The molecular formula is C19H22ClN3O2S. The second kappa shape index (κ2) is 9.16. The molecule has 2 aromatic rings. The highest BCUT2D eigenvalue weighted by Gasteiger charge is 2.21.